The lowest BCUT2D eigenvalue weighted by molar-refractivity contribution is -0.122. The van der Waals surface area contributed by atoms with Crippen LogP contribution < -0.4 is 9.64 Å². The molecule has 182 valence electrons. The molecule has 0 unspecified atom stereocenters. The molecule has 0 atom stereocenters. The van der Waals surface area contributed by atoms with Gasteiger partial charge in [0.2, 0.25) is 0 Å². The SMILES string of the molecule is CCN1C(=O)C(=C2Sc3ccc(OC)cc3N2CC)SC1=Nc1ccc(C=Cc2ccccc2)cc1. The van der Waals surface area contributed by atoms with Crippen molar-refractivity contribution in [2.24, 2.45) is 4.99 Å². The van der Waals surface area contributed by atoms with Gasteiger partial charge >= 0.3 is 0 Å². The van der Waals surface area contributed by atoms with Gasteiger partial charge < -0.3 is 9.64 Å². The lowest BCUT2D eigenvalue weighted by Crippen LogP contribution is -2.29. The van der Waals surface area contributed by atoms with E-state index in [-0.39, 0.29) is 5.91 Å². The molecule has 0 spiro atoms. The van der Waals surface area contributed by atoms with Crippen LogP contribution in [0.4, 0.5) is 11.4 Å². The Morgan fingerprint density at radius 3 is 2.22 bits per heavy atom. The number of amides is 1. The minimum absolute atomic E-state index is 0.00406. The number of hydrogen-bond acceptors (Lipinski definition) is 6. The summed E-state index contributed by atoms with van der Waals surface area (Å²) in [6.07, 6.45) is 4.18. The highest BCUT2D eigenvalue weighted by Crippen LogP contribution is 2.51. The van der Waals surface area contributed by atoms with Crippen molar-refractivity contribution in [1.82, 2.24) is 4.90 Å². The van der Waals surface area contributed by atoms with E-state index in [0.717, 1.165) is 49.6 Å². The molecule has 0 aromatic heterocycles. The molecule has 3 aromatic rings. The van der Waals surface area contributed by atoms with Crippen molar-refractivity contribution in [2.75, 3.05) is 25.1 Å². The zero-order valence-corrected chi connectivity index (χ0v) is 22.1. The number of methoxy groups -OCH3 is 1. The number of fused-ring (bicyclic) bond motifs is 1. The average Bonchev–Trinajstić information content (AvgIpc) is 3.44. The molecule has 2 aliphatic heterocycles. The normalized spacial score (nSPS) is 18.5. The zero-order chi connectivity index (χ0) is 25.1. The molecule has 2 aliphatic rings. The maximum atomic E-state index is 13.4. The van der Waals surface area contributed by atoms with E-state index in [4.69, 9.17) is 9.73 Å². The summed E-state index contributed by atoms with van der Waals surface area (Å²) in [5.74, 6) is 0.813. The molecule has 2 heterocycles. The van der Waals surface area contributed by atoms with Crippen LogP contribution in [0.15, 0.2) is 92.6 Å². The van der Waals surface area contributed by atoms with E-state index in [2.05, 4.69) is 42.2 Å². The van der Waals surface area contributed by atoms with Gasteiger partial charge in [0.25, 0.3) is 5.91 Å². The first-order valence-corrected chi connectivity index (χ1v) is 13.5. The maximum Gasteiger partial charge on any atom is 0.269 e. The van der Waals surface area contributed by atoms with Gasteiger partial charge in [-0.2, -0.15) is 0 Å². The Morgan fingerprint density at radius 2 is 1.56 bits per heavy atom. The molecule has 1 saturated heterocycles. The van der Waals surface area contributed by atoms with Crippen molar-refractivity contribution >= 4 is 58.1 Å². The van der Waals surface area contributed by atoms with Crippen LogP contribution in [0, 0.1) is 0 Å². The molecule has 0 N–H and O–H groups in total. The first kappa shape index (κ1) is 24.3. The largest absolute Gasteiger partial charge is 0.497 e. The molecular weight excluding hydrogens is 486 g/mol. The van der Waals surface area contributed by atoms with Crippen LogP contribution >= 0.6 is 23.5 Å². The number of likely N-dealkylation sites (N-methyl/N-ethyl adjacent to an activating group) is 1. The third kappa shape index (κ3) is 4.81. The number of anilines is 1. The van der Waals surface area contributed by atoms with E-state index in [1.807, 2.05) is 61.5 Å². The molecule has 7 heteroatoms. The van der Waals surface area contributed by atoms with Crippen LogP contribution in [-0.2, 0) is 4.79 Å². The van der Waals surface area contributed by atoms with Crippen molar-refractivity contribution in [3.05, 3.63) is 93.9 Å². The van der Waals surface area contributed by atoms with Crippen molar-refractivity contribution < 1.29 is 9.53 Å². The monoisotopic (exact) mass is 513 g/mol. The standard InChI is InChI=1S/C29H27N3O2S2/c1-4-31-24-19-23(34-3)17-18-25(24)35-28(31)26-27(33)32(5-2)29(36-26)30-22-15-13-21(14-16-22)12-11-20-9-7-6-8-10-20/h6-19H,4-5H2,1-3H3. The van der Waals surface area contributed by atoms with Crippen LogP contribution in [0.5, 0.6) is 5.75 Å². The van der Waals surface area contributed by atoms with E-state index in [9.17, 15) is 4.79 Å². The number of hydrogen-bond donors (Lipinski definition) is 0. The summed E-state index contributed by atoms with van der Waals surface area (Å²) < 4.78 is 5.42. The Hall–Kier alpha value is -3.42. The number of aliphatic imine (C=N–C) groups is 1. The Labute approximate surface area is 220 Å². The second-order valence-corrected chi connectivity index (χ2v) is 10.2. The van der Waals surface area contributed by atoms with Crippen LogP contribution in [0.3, 0.4) is 0 Å². The van der Waals surface area contributed by atoms with Crippen molar-refractivity contribution in [2.45, 2.75) is 18.7 Å². The molecule has 0 radical (unpaired) electrons. The van der Waals surface area contributed by atoms with Gasteiger partial charge in [-0.05, 0) is 61.0 Å². The summed E-state index contributed by atoms with van der Waals surface area (Å²) in [5, 5.41) is 1.67. The highest BCUT2D eigenvalue weighted by molar-refractivity contribution is 8.19. The van der Waals surface area contributed by atoms with Gasteiger partial charge in [0, 0.05) is 24.1 Å². The van der Waals surface area contributed by atoms with E-state index in [0.29, 0.717) is 11.7 Å². The number of amidine groups is 1. The van der Waals surface area contributed by atoms with Gasteiger partial charge in [0.1, 0.15) is 15.7 Å². The second kappa shape index (κ2) is 10.7. The molecule has 36 heavy (non-hydrogen) atoms. The van der Waals surface area contributed by atoms with Gasteiger partial charge in [0.05, 0.1) is 18.5 Å². The summed E-state index contributed by atoms with van der Waals surface area (Å²) in [7, 11) is 1.67. The maximum absolute atomic E-state index is 13.4. The third-order valence-electron chi connectivity index (χ3n) is 5.98. The van der Waals surface area contributed by atoms with Crippen molar-refractivity contribution in [1.29, 1.82) is 0 Å². The van der Waals surface area contributed by atoms with E-state index < -0.39 is 0 Å². The highest BCUT2D eigenvalue weighted by Gasteiger charge is 2.39. The summed E-state index contributed by atoms with van der Waals surface area (Å²) in [5.41, 5.74) is 4.16. The fourth-order valence-corrected chi connectivity index (χ4v) is 6.53. The number of benzene rings is 3. The summed E-state index contributed by atoms with van der Waals surface area (Å²) in [4.78, 5) is 24.1. The highest BCUT2D eigenvalue weighted by atomic mass is 32.2. The quantitative estimate of drug-likeness (QED) is 0.257. The number of carbonyl (C=O) groups excluding carboxylic acids is 1. The fraction of sp³-hybridized carbons (Fsp3) is 0.172. The fourth-order valence-electron chi connectivity index (χ4n) is 4.10. The lowest BCUT2D eigenvalue weighted by atomic mass is 10.1. The first-order chi connectivity index (χ1) is 17.6. The Bertz CT molecular complexity index is 1370. The number of rotatable bonds is 6. The minimum atomic E-state index is 0.00406. The molecule has 0 saturated carbocycles. The molecule has 5 nitrogen and oxygen atoms in total. The number of carbonyl (C=O) groups is 1. The Morgan fingerprint density at radius 1 is 0.861 bits per heavy atom. The van der Waals surface area contributed by atoms with E-state index in [1.54, 1.807) is 23.8 Å². The Kier molecular flexibility index (Phi) is 7.20. The lowest BCUT2D eigenvalue weighted by Gasteiger charge is -2.19. The molecular formula is C29H27N3O2S2. The number of thioether (sulfide) groups is 2. The summed E-state index contributed by atoms with van der Waals surface area (Å²) >= 11 is 3.09. The van der Waals surface area contributed by atoms with Crippen LogP contribution in [0.1, 0.15) is 25.0 Å². The number of nitrogens with zero attached hydrogens (tertiary/aromatic N) is 3. The van der Waals surface area contributed by atoms with Gasteiger partial charge in [0.15, 0.2) is 5.17 Å². The molecule has 1 fully saturated rings. The van der Waals surface area contributed by atoms with Crippen molar-refractivity contribution in [3.63, 3.8) is 0 Å². The van der Waals surface area contributed by atoms with Crippen LogP contribution in [-0.4, -0.2) is 36.2 Å². The van der Waals surface area contributed by atoms with Gasteiger partial charge in [-0.3, -0.25) is 9.69 Å². The molecule has 0 bridgehead atoms. The number of ether oxygens (including phenoxy) is 1. The van der Waals surface area contributed by atoms with Crippen molar-refractivity contribution in [3.8, 4) is 5.75 Å². The van der Waals surface area contributed by atoms with Crippen LogP contribution in [0.2, 0.25) is 0 Å². The van der Waals surface area contributed by atoms with Gasteiger partial charge in [-0.25, -0.2) is 4.99 Å². The molecule has 5 rings (SSSR count). The third-order valence-corrected chi connectivity index (χ3v) is 8.36. The molecule has 1 amide bonds. The van der Waals surface area contributed by atoms with Gasteiger partial charge in [-0.15, -0.1) is 0 Å². The summed E-state index contributed by atoms with van der Waals surface area (Å²) in [6, 6.07) is 24.4. The molecule has 0 aliphatic carbocycles. The topological polar surface area (TPSA) is 45.1 Å². The second-order valence-electron chi connectivity index (χ2n) is 8.20. The predicted octanol–water partition coefficient (Wildman–Crippen LogP) is 7.25. The van der Waals surface area contributed by atoms with E-state index >= 15 is 0 Å². The smallest absolute Gasteiger partial charge is 0.269 e. The average molecular weight is 514 g/mol. The zero-order valence-electron chi connectivity index (χ0n) is 20.5. The summed E-state index contributed by atoms with van der Waals surface area (Å²) in [6.45, 7) is 5.41. The Balaban J connectivity index is 1.40. The minimum Gasteiger partial charge on any atom is -0.497 e. The van der Waals surface area contributed by atoms with E-state index in [1.165, 1.54) is 11.8 Å². The first-order valence-electron chi connectivity index (χ1n) is 11.9. The van der Waals surface area contributed by atoms with Crippen LogP contribution in [0.25, 0.3) is 12.2 Å². The predicted molar refractivity (Wildman–Crippen MR) is 153 cm³/mol. The molecule has 3 aromatic carbocycles. The van der Waals surface area contributed by atoms with Gasteiger partial charge in [-0.1, -0.05) is 66.4 Å².